The Hall–Kier alpha value is -1.35. The molecule has 0 aromatic carbocycles. The van der Waals surface area contributed by atoms with Crippen LogP contribution < -0.4 is 4.90 Å². The average Bonchev–Trinajstić information content (AvgIpc) is 2.69. The summed E-state index contributed by atoms with van der Waals surface area (Å²) in [5.41, 5.74) is 0.135. The molecule has 0 atom stereocenters. The molecule has 0 saturated carbocycles. The van der Waals surface area contributed by atoms with E-state index in [9.17, 15) is 18.0 Å². The summed E-state index contributed by atoms with van der Waals surface area (Å²) in [4.78, 5) is 15.8. The topological polar surface area (TPSA) is 62.7 Å². The van der Waals surface area contributed by atoms with E-state index in [-0.39, 0.29) is 28.9 Å². The Labute approximate surface area is 111 Å². The third kappa shape index (κ3) is 4.35. The van der Waals surface area contributed by atoms with Gasteiger partial charge in [-0.15, -0.1) is 0 Å². The average molecular weight is 298 g/mol. The third-order valence-corrected chi connectivity index (χ3v) is 3.33. The first-order valence-electron chi connectivity index (χ1n) is 5.32. The lowest BCUT2D eigenvalue weighted by Crippen LogP contribution is -2.34. The van der Waals surface area contributed by atoms with Crippen molar-refractivity contribution in [1.29, 1.82) is 0 Å². The highest BCUT2D eigenvalue weighted by Crippen LogP contribution is 2.29. The second kappa shape index (κ2) is 6.20. The largest absolute Gasteiger partial charge is 0.477 e. The van der Waals surface area contributed by atoms with Crippen LogP contribution in [0.4, 0.5) is 18.3 Å². The van der Waals surface area contributed by atoms with E-state index in [1.54, 1.807) is 6.92 Å². The van der Waals surface area contributed by atoms with Crippen molar-refractivity contribution in [2.24, 2.45) is 0 Å². The molecule has 0 aliphatic heterocycles. The number of nitrogens with zero attached hydrogens (tertiary/aromatic N) is 2. The monoisotopic (exact) mass is 298 g/mol. The number of thiazole rings is 1. The summed E-state index contributed by atoms with van der Waals surface area (Å²) in [5, 5.41) is 9.00. The number of hydrogen-bond acceptors (Lipinski definition) is 5. The van der Waals surface area contributed by atoms with Crippen molar-refractivity contribution in [2.75, 3.05) is 25.1 Å². The Balaban J connectivity index is 3.04. The van der Waals surface area contributed by atoms with Crippen molar-refractivity contribution in [1.82, 2.24) is 4.98 Å². The number of carboxylic acids is 1. The van der Waals surface area contributed by atoms with Crippen LogP contribution in [0.15, 0.2) is 0 Å². The van der Waals surface area contributed by atoms with Crippen LogP contribution in [-0.4, -0.2) is 42.4 Å². The smallest absolute Gasteiger partial charge is 0.406 e. The van der Waals surface area contributed by atoms with Crippen LogP contribution in [0.1, 0.15) is 22.3 Å². The number of anilines is 1. The molecule has 108 valence electrons. The van der Waals surface area contributed by atoms with E-state index in [0.29, 0.717) is 11.3 Å². The van der Waals surface area contributed by atoms with Crippen LogP contribution in [0.3, 0.4) is 0 Å². The zero-order valence-electron chi connectivity index (χ0n) is 10.3. The minimum Gasteiger partial charge on any atom is -0.477 e. The van der Waals surface area contributed by atoms with Gasteiger partial charge in [0.2, 0.25) is 0 Å². The number of carbonyl (C=O) groups is 1. The van der Waals surface area contributed by atoms with E-state index in [1.807, 2.05) is 0 Å². The molecule has 1 rings (SSSR count). The van der Waals surface area contributed by atoms with Crippen molar-refractivity contribution >= 4 is 22.4 Å². The van der Waals surface area contributed by atoms with Gasteiger partial charge in [-0.25, -0.2) is 9.78 Å². The molecule has 1 aromatic heterocycles. The van der Waals surface area contributed by atoms with Gasteiger partial charge in [0.25, 0.3) is 0 Å². The Kier molecular flexibility index (Phi) is 5.12. The lowest BCUT2D eigenvalue weighted by molar-refractivity contribution is -0.119. The summed E-state index contributed by atoms with van der Waals surface area (Å²) in [5.74, 6) is -1.22. The maximum absolute atomic E-state index is 12.4. The molecule has 0 saturated heterocycles. The van der Waals surface area contributed by atoms with Gasteiger partial charge in [0.05, 0.1) is 12.3 Å². The first-order chi connectivity index (χ1) is 8.78. The number of carboxylic acid groups (broad SMARTS) is 1. The summed E-state index contributed by atoms with van der Waals surface area (Å²) in [6, 6.07) is 0. The maximum Gasteiger partial charge on any atom is 0.406 e. The quantitative estimate of drug-likeness (QED) is 0.873. The fourth-order valence-corrected chi connectivity index (χ4v) is 2.38. The highest BCUT2D eigenvalue weighted by Gasteiger charge is 2.32. The van der Waals surface area contributed by atoms with Gasteiger partial charge in [0, 0.05) is 13.7 Å². The standard InChI is InChI=1S/C10H13F3N2O3S/c1-3-15(5-10(11,12)13)9-14-6(4-18-2)7(19-9)8(16)17/h3-5H2,1-2H3,(H,16,17). The van der Waals surface area contributed by atoms with Gasteiger partial charge in [0.1, 0.15) is 11.4 Å². The molecular weight excluding hydrogens is 285 g/mol. The van der Waals surface area contributed by atoms with Crippen molar-refractivity contribution in [2.45, 2.75) is 19.7 Å². The molecule has 0 amide bonds. The Bertz CT molecular complexity index is 448. The molecule has 5 nitrogen and oxygen atoms in total. The fourth-order valence-electron chi connectivity index (χ4n) is 1.41. The minimum atomic E-state index is -4.37. The first-order valence-corrected chi connectivity index (χ1v) is 6.13. The molecule has 19 heavy (non-hydrogen) atoms. The molecule has 0 fully saturated rings. The summed E-state index contributed by atoms with van der Waals surface area (Å²) < 4.78 is 41.9. The number of ether oxygens (including phenoxy) is 1. The van der Waals surface area contributed by atoms with Gasteiger partial charge in [-0.05, 0) is 6.92 Å². The Morgan fingerprint density at radius 1 is 1.53 bits per heavy atom. The summed E-state index contributed by atoms with van der Waals surface area (Å²) in [7, 11) is 1.36. The SMILES string of the molecule is CCN(CC(F)(F)F)c1nc(COC)c(C(=O)O)s1. The molecule has 0 aliphatic rings. The molecule has 0 radical (unpaired) electrons. The van der Waals surface area contributed by atoms with Crippen LogP contribution in [0, 0.1) is 0 Å². The van der Waals surface area contributed by atoms with E-state index in [2.05, 4.69) is 4.98 Å². The number of methoxy groups -OCH3 is 1. The number of hydrogen-bond donors (Lipinski definition) is 1. The van der Waals surface area contributed by atoms with Crippen molar-refractivity contribution in [3.8, 4) is 0 Å². The van der Waals surface area contributed by atoms with E-state index in [4.69, 9.17) is 9.84 Å². The molecule has 0 unspecified atom stereocenters. The van der Waals surface area contributed by atoms with E-state index >= 15 is 0 Å². The van der Waals surface area contributed by atoms with Gasteiger partial charge in [-0.1, -0.05) is 11.3 Å². The zero-order chi connectivity index (χ0) is 14.6. The summed E-state index contributed by atoms with van der Waals surface area (Å²) in [6.45, 7) is 0.409. The Morgan fingerprint density at radius 3 is 2.58 bits per heavy atom. The van der Waals surface area contributed by atoms with Crippen molar-refractivity contribution in [3.05, 3.63) is 10.6 Å². The van der Waals surface area contributed by atoms with E-state index < -0.39 is 18.7 Å². The van der Waals surface area contributed by atoms with Crippen molar-refractivity contribution in [3.63, 3.8) is 0 Å². The lowest BCUT2D eigenvalue weighted by Gasteiger charge is -2.21. The predicted molar refractivity (Wildman–Crippen MR) is 63.7 cm³/mol. The predicted octanol–water partition coefficient (Wildman–Crippen LogP) is 2.38. The minimum absolute atomic E-state index is 0.0317. The summed E-state index contributed by atoms with van der Waals surface area (Å²) in [6.07, 6.45) is -4.37. The fraction of sp³-hybridized carbons (Fsp3) is 0.600. The maximum atomic E-state index is 12.4. The first kappa shape index (κ1) is 15.7. The highest BCUT2D eigenvalue weighted by molar-refractivity contribution is 7.17. The van der Waals surface area contributed by atoms with Crippen molar-refractivity contribution < 1.29 is 27.8 Å². The molecular formula is C10H13F3N2O3S. The normalized spacial score (nSPS) is 11.6. The van der Waals surface area contributed by atoms with Crippen LogP contribution in [0.2, 0.25) is 0 Å². The molecule has 9 heteroatoms. The van der Waals surface area contributed by atoms with Gasteiger partial charge >= 0.3 is 12.1 Å². The lowest BCUT2D eigenvalue weighted by atomic mass is 10.4. The Morgan fingerprint density at radius 2 is 2.16 bits per heavy atom. The molecule has 0 bridgehead atoms. The van der Waals surface area contributed by atoms with Gasteiger partial charge in [0.15, 0.2) is 5.13 Å². The molecule has 1 heterocycles. The van der Waals surface area contributed by atoms with Gasteiger partial charge < -0.3 is 14.7 Å². The van der Waals surface area contributed by atoms with Crippen LogP contribution in [0.5, 0.6) is 0 Å². The molecule has 0 spiro atoms. The van der Waals surface area contributed by atoms with Crippen LogP contribution >= 0.6 is 11.3 Å². The number of halogens is 3. The van der Waals surface area contributed by atoms with Gasteiger partial charge in [-0.3, -0.25) is 0 Å². The second-order valence-corrected chi connectivity index (χ2v) is 4.62. The number of rotatable bonds is 6. The van der Waals surface area contributed by atoms with Crippen LogP contribution in [-0.2, 0) is 11.3 Å². The molecule has 1 aromatic rings. The van der Waals surface area contributed by atoms with Crippen LogP contribution in [0.25, 0.3) is 0 Å². The number of alkyl halides is 3. The molecule has 1 N–H and O–H groups in total. The highest BCUT2D eigenvalue weighted by atomic mass is 32.1. The van der Waals surface area contributed by atoms with E-state index in [1.165, 1.54) is 7.11 Å². The third-order valence-electron chi connectivity index (χ3n) is 2.18. The van der Waals surface area contributed by atoms with E-state index in [0.717, 1.165) is 4.90 Å². The van der Waals surface area contributed by atoms with Gasteiger partial charge in [-0.2, -0.15) is 13.2 Å². The molecule has 0 aliphatic carbocycles. The summed E-state index contributed by atoms with van der Waals surface area (Å²) >= 11 is 0.716. The second-order valence-electron chi connectivity index (χ2n) is 3.64. The number of aromatic carboxylic acids is 1. The number of aromatic nitrogens is 1. The zero-order valence-corrected chi connectivity index (χ0v) is 11.1.